The molecule has 1 rings (SSSR count). The molecule has 0 spiro atoms. The number of halogens is 4. The molecule has 0 atom stereocenters. The van der Waals surface area contributed by atoms with E-state index >= 15 is 0 Å². The van der Waals surface area contributed by atoms with E-state index in [2.05, 4.69) is 5.10 Å². The molecule has 0 aliphatic rings. The van der Waals surface area contributed by atoms with Crippen molar-refractivity contribution in [1.29, 1.82) is 0 Å². The summed E-state index contributed by atoms with van der Waals surface area (Å²) in [6, 6.07) is 3.19. The predicted octanol–water partition coefficient (Wildman–Crippen LogP) is 2.80. The SMILES string of the molecule is C/C(=N/NC(=O)C(F)(F)F)c1ccc(Cl)s1. The number of carbonyl (C=O) groups is 1. The molecule has 1 aromatic heterocycles. The Morgan fingerprint density at radius 1 is 1.50 bits per heavy atom. The Hall–Kier alpha value is -1.08. The average Bonchev–Trinajstić information content (AvgIpc) is 2.59. The Morgan fingerprint density at radius 2 is 2.12 bits per heavy atom. The molecule has 0 fully saturated rings. The second kappa shape index (κ2) is 4.84. The van der Waals surface area contributed by atoms with Gasteiger partial charge in [-0.2, -0.15) is 18.3 Å². The van der Waals surface area contributed by atoms with Gasteiger partial charge in [0.25, 0.3) is 0 Å². The topological polar surface area (TPSA) is 41.5 Å². The zero-order valence-corrected chi connectivity index (χ0v) is 9.50. The largest absolute Gasteiger partial charge is 0.473 e. The number of alkyl halides is 3. The number of thiophene rings is 1. The Balaban J connectivity index is 2.69. The van der Waals surface area contributed by atoms with Crippen molar-refractivity contribution in [3.63, 3.8) is 0 Å². The molecule has 8 heteroatoms. The van der Waals surface area contributed by atoms with E-state index in [1.807, 2.05) is 0 Å². The number of hydrazone groups is 1. The average molecular weight is 271 g/mol. The van der Waals surface area contributed by atoms with Crippen LogP contribution in [0.2, 0.25) is 4.34 Å². The van der Waals surface area contributed by atoms with E-state index in [9.17, 15) is 18.0 Å². The molecule has 0 saturated carbocycles. The highest BCUT2D eigenvalue weighted by molar-refractivity contribution is 7.18. The summed E-state index contributed by atoms with van der Waals surface area (Å²) in [4.78, 5) is 11.0. The third-order valence-corrected chi connectivity index (χ3v) is 2.85. The Bertz CT molecular complexity index is 427. The molecule has 3 nitrogen and oxygen atoms in total. The van der Waals surface area contributed by atoms with Gasteiger partial charge in [-0.1, -0.05) is 11.6 Å². The molecule has 0 saturated heterocycles. The first-order valence-electron chi connectivity index (χ1n) is 3.98. The van der Waals surface area contributed by atoms with Crippen molar-refractivity contribution in [3.8, 4) is 0 Å². The molecule has 1 amide bonds. The zero-order chi connectivity index (χ0) is 12.3. The van der Waals surface area contributed by atoms with Crippen LogP contribution in [0.25, 0.3) is 0 Å². The maximum atomic E-state index is 11.8. The van der Waals surface area contributed by atoms with Crippen molar-refractivity contribution in [2.24, 2.45) is 5.10 Å². The van der Waals surface area contributed by atoms with Crippen molar-refractivity contribution in [1.82, 2.24) is 5.43 Å². The summed E-state index contributed by atoms with van der Waals surface area (Å²) >= 11 is 6.79. The van der Waals surface area contributed by atoms with Crippen molar-refractivity contribution in [2.45, 2.75) is 13.1 Å². The van der Waals surface area contributed by atoms with Crippen LogP contribution in [-0.2, 0) is 4.79 Å². The predicted molar refractivity (Wildman–Crippen MR) is 55.7 cm³/mol. The van der Waals surface area contributed by atoms with E-state index < -0.39 is 12.1 Å². The number of hydrogen-bond donors (Lipinski definition) is 1. The number of nitrogens with one attached hydrogen (secondary N) is 1. The summed E-state index contributed by atoms with van der Waals surface area (Å²) in [6.45, 7) is 1.47. The minimum absolute atomic E-state index is 0.259. The normalized spacial score (nSPS) is 12.7. The van der Waals surface area contributed by atoms with Crippen LogP contribution in [-0.4, -0.2) is 17.8 Å². The Labute approximate surface area is 97.9 Å². The third-order valence-electron chi connectivity index (χ3n) is 1.51. The van der Waals surface area contributed by atoms with Gasteiger partial charge in [-0.3, -0.25) is 4.79 Å². The van der Waals surface area contributed by atoms with Crippen LogP contribution in [0.3, 0.4) is 0 Å². The summed E-state index contributed by atoms with van der Waals surface area (Å²) in [6.07, 6.45) is -4.93. The van der Waals surface area contributed by atoms with Gasteiger partial charge in [0.2, 0.25) is 0 Å². The van der Waals surface area contributed by atoms with Gasteiger partial charge in [0.1, 0.15) is 0 Å². The molecule has 0 unspecified atom stereocenters. The lowest BCUT2D eigenvalue weighted by atomic mass is 10.3. The lowest BCUT2D eigenvalue weighted by Crippen LogP contribution is -2.34. The fourth-order valence-corrected chi connectivity index (χ4v) is 1.75. The first kappa shape index (κ1) is 13.0. The highest BCUT2D eigenvalue weighted by Gasteiger charge is 2.38. The zero-order valence-electron chi connectivity index (χ0n) is 7.93. The van der Waals surface area contributed by atoms with Gasteiger partial charge < -0.3 is 0 Å². The van der Waals surface area contributed by atoms with Gasteiger partial charge in [-0.25, -0.2) is 5.43 Å². The summed E-state index contributed by atoms with van der Waals surface area (Å²) in [5, 5.41) is 3.32. The lowest BCUT2D eigenvalue weighted by Gasteiger charge is -2.03. The Morgan fingerprint density at radius 3 is 2.56 bits per heavy atom. The van der Waals surface area contributed by atoms with Gasteiger partial charge in [0, 0.05) is 0 Å². The van der Waals surface area contributed by atoms with Crippen molar-refractivity contribution in [3.05, 3.63) is 21.3 Å². The molecule has 88 valence electrons. The molecule has 0 radical (unpaired) electrons. The molecule has 1 N–H and O–H groups in total. The van der Waals surface area contributed by atoms with E-state index in [0.717, 1.165) is 11.3 Å². The van der Waals surface area contributed by atoms with Crippen LogP contribution >= 0.6 is 22.9 Å². The maximum absolute atomic E-state index is 11.8. The minimum atomic E-state index is -4.93. The quantitative estimate of drug-likeness (QED) is 0.652. The first-order valence-corrected chi connectivity index (χ1v) is 5.17. The monoisotopic (exact) mass is 270 g/mol. The van der Waals surface area contributed by atoms with Crippen molar-refractivity contribution < 1.29 is 18.0 Å². The number of nitrogens with zero attached hydrogens (tertiary/aromatic N) is 1. The number of hydrogen-bond acceptors (Lipinski definition) is 3. The van der Waals surface area contributed by atoms with Crippen LogP contribution in [0.4, 0.5) is 13.2 Å². The van der Waals surface area contributed by atoms with Gasteiger partial charge in [-0.15, -0.1) is 11.3 Å². The van der Waals surface area contributed by atoms with E-state index in [1.165, 1.54) is 12.3 Å². The van der Waals surface area contributed by atoms with Crippen LogP contribution in [0.15, 0.2) is 17.2 Å². The molecule has 16 heavy (non-hydrogen) atoms. The molecule has 0 aliphatic heterocycles. The molecule has 0 bridgehead atoms. The van der Waals surface area contributed by atoms with Gasteiger partial charge in [0.15, 0.2) is 0 Å². The second-order valence-electron chi connectivity index (χ2n) is 2.74. The molecule has 0 aliphatic carbocycles. The number of amides is 1. The van der Waals surface area contributed by atoms with Crippen LogP contribution in [0, 0.1) is 0 Å². The van der Waals surface area contributed by atoms with Crippen molar-refractivity contribution >= 4 is 34.6 Å². The molecule has 1 aromatic rings. The van der Waals surface area contributed by atoms with Crippen molar-refractivity contribution in [2.75, 3.05) is 0 Å². The summed E-state index contributed by atoms with van der Waals surface area (Å²) < 4.78 is 35.9. The number of carbonyl (C=O) groups excluding carboxylic acids is 1. The minimum Gasteiger partial charge on any atom is -0.263 e. The molecule has 1 heterocycles. The Kier molecular flexibility index (Phi) is 3.93. The van der Waals surface area contributed by atoms with Gasteiger partial charge >= 0.3 is 12.1 Å². The highest BCUT2D eigenvalue weighted by atomic mass is 35.5. The molecular formula is C8H6ClF3N2OS. The lowest BCUT2D eigenvalue weighted by molar-refractivity contribution is -0.173. The van der Waals surface area contributed by atoms with Gasteiger partial charge in [-0.05, 0) is 19.1 Å². The summed E-state index contributed by atoms with van der Waals surface area (Å²) in [5.74, 6) is -2.10. The van der Waals surface area contributed by atoms with E-state index in [-0.39, 0.29) is 5.71 Å². The second-order valence-corrected chi connectivity index (χ2v) is 4.45. The standard InChI is InChI=1S/C8H6ClF3N2OS/c1-4(5-2-3-6(9)16-5)13-14-7(15)8(10,11)12/h2-3H,1H3,(H,14,15)/b13-4-. The fourth-order valence-electron chi connectivity index (χ4n) is 0.762. The summed E-state index contributed by atoms with van der Waals surface area (Å²) in [5.41, 5.74) is 1.68. The highest BCUT2D eigenvalue weighted by Crippen LogP contribution is 2.22. The third kappa shape index (κ3) is 3.49. The number of rotatable bonds is 2. The molecule has 0 aromatic carbocycles. The molecular weight excluding hydrogens is 265 g/mol. The smallest absolute Gasteiger partial charge is 0.263 e. The van der Waals surface area contributed by atoms with E-state index in [4.69, 9.17) is 11.6 Å². The fraction of sp³-hybridized carbons (Fsp3) is 0.250. The van der Waals surface area contributed by atoms with Crippen LogP contribution in [0.1, 0.15) is 11.8 Å². The van der Waals surface area contributed by atoms with Crippen LogP contribution in [0.5, 0.6) is 0 Å². The first-order chi connectivity index (χ1) is 7.30. The van der Waals surface area contributed by atoms with Crippen LogP contribution < -0.4 is 5.43 Å². The van der Waals surface area contributed by atoms with E-state index in [0.29, 0.717) is 9.21 Å². The summed E-state index contributed by atoms with van der Waals surface area (Å²) in [7, 11) is 0. The van der Waals surface area contributed by atoms with Gasteiger partial charge in [0.05, 0.1) is 14.9 Å². The maximum Gasteiger partial charge on any atom is 0.473 e. The van der Waals surface area contributed by atoms with E-state index in [1.54, 1.807) is 12.1 Å².